The van der Waals surface area contributed by atoms with Crippen LogP contribution in [0, 0.1) is 0 Å². The van der Waals surface area contributed by atoms with Gasteiger partial charge in [-0.1, -0.05) is 27.5 Å². The Hall–Kier alpha value is -0.140. The molecule has 19 heavy (non-hydrogen) atoms. The van der Waals surface area contributed by atoms with Gasteiger partial charge in [-0.2, -0.15) is 4.31 Å². The molecule has 106 valence electrons. The van der Waals surface area contributed by atoms with Crippen LogP contribution in [0.3, 0.4) is 0 Å². The van der Waals surface area contributed by atoms with Crippen molar-refractivity contribution in [2.75, 3.05) is 13.1 Å². The van der Waals surface area contributed by atoms with Crippen molar-refractivity contribution in [3.05, 3.63) is 27.7 Å². The van der Waals surface area contributed by atoms with Crippen LogP contribution in [0.5, 0.6) is 0 Å². The van der Waals surface area contributed by atoms with Crippen LogP contribution in [0.1, 0.15) is 19.8 Å². The highest BCUT2D eigenvalue weighted by atomic mass is 79.9. The number of sulfonamides is 1. The average Bonchev–Trinajstić information content (AvgIpc) is 2.27. The average molecular weight is 369 g/mol. The number of nitrogens with zero attached hydrogens (tertiary/aromatic N) is 1. The van der Waals surface area contributed by atoms with Crippen molar-refractivity contribution >= 4 is 37.6 Å². The Bertz CT molecular complexity index is 579. The quantitative estimate of drug-likeness (QED) is 0.873. The fraction of sp³-hybridized carbons (Fsp3) is 0.500. The molecule has 0 unspecified atom stereocenters. The molecule has 1 aromatic rings. The number of aliphatic hydroxyl groups is 1. The molecule has 1 fully saturated rings. The molecule has 4 nitrogen and oxygen atoms in total. The van der Waals surface area contributed by atoms with Crippen LogP contribution in [0.25, 0.3) is 0 Å². The van der Waals surface area contributed by atoms with E-state index in [-0.39, 0.29) is 9.92 Å². The van der Waals surface area contributed by atoms with Crippen molar-refractivity contribution in [3.63, 3.8) is 0 Å². The summed E-state index contributed by atoms with van der Waals surface area (Å²) < 4.78 is 27.1. The third-order valence-electron chi connectivity index (χ3n) is 3.31. The monoisotopic (exact) mass is 367 g/mol. The predicted octanol–water partition coefficient (Wildman–Crippen LogP) is 2.64. The van der Waals surface area contributed by atoms with E-state index in [1.54, 1.807) is 19.1 Å². The Morgan fingerprint density at radius 3 is 2.47 bits per heavy atom. The van der Waals surface area contributed by atoms with E-state index in [4.69, 9.17) is 11.6 Å². The van der Waals surface area contributed by atoms with Gasteiger partial charge in [0.1, 0.15) is 4.90 Å². The second-order valence-electron chi connectivity index (χ2n) is 4.98. The third-order valence-corrected chi connectivity index (χ3v) is 6.19. The molecule has 7 heteroatoms. The fourth-order valence-electron chi connectivity index (χ4n) is 2.03. The van der Waals surface area contributed by atoms with E-state index < -0.39 is 15.6 Å². The first-order chi connectivity index (χ1) is 8.72. The number of halogens is 2. The molecule has 0 amide bonds. The number of benzene rings is 1. The summed E-state index contributed by atoms with van der Waals surface area (Å²) >= 11 is 9.25. The standard InChI is InChI=1S/C12H15BrClNO3S/c1-12(16)4-6-15(7-5-12)19(17,18)11-3-2-9(13)8-10(11)14/h2-3,8,16H,4-7H2,1H3. The second-order valence-corrected chi connectivity index (χ2v) is 8.21. The molecule has 0 aliphatic carbocycles. The molecule has 0 spiro atoms. The van der Waals surface area contributed by atoms with Gasteiger partial charge in [0.25, 0.3) is 0 Å². The first kappa shape index (κ1) is 15.3. The largest absolute Gasteiger partial charge is 0.390 e. The molecular formula is C12H15BrClNO3S. The SMILES string of the molecule is CC1(O)CCN(S(=O)(=O)c2ccc(Br)cc2Cl)CC1. The van der Waals surface area contributed by atoms with Crippen molar-refractivity contribution < 1.29 is 13.5 Å². The third kappa shape index (κ3) is 3.31. The molecule has 1 N–H and O–H groups in total. The fourth-order valence-corrected chi connectivity index (χ4v) is 4.48. The Morgan fingerprint density at radius 1 is 1.37 bits per heavy atom. The number of hydrogen-bond acceptors (Lipinski definition) is 3. The van der Waals surface area contributed by atoms with E-state index in [1.807, 2.05) is 0 Å². The van der Waals surface area contributed by atoms with Crippen LogP contribution < -0.4 is 0 Å². The topological polar surface area (TPSA) is 57.6 Å². The van der Waals surface area contributed by atoms with E-state index in [0.29, 0.717) is 25.9 Å². The van der Waals surface area contributed by atoms with Gasteiger partial charge >= 0.3 is 0 Å². The Kier molecular flexibility index (Phi) is 4.28. The summed E-state index contributed by atoms with van der Waals surface area (Å²) in [4.78, 5) is 0.110. The zero-order chi connectivity index (χ0) is 14.3. The highest BCUT2D eigenvalue weighted by Gasteiger charge is 2.34. The van der Waals surface area contributed by atoms with Gasteiger partial charge in [0.15, 0.2) is 0 Å². The lowest BCUT2D eigenvalue weighted by Gasteiger charge is -2.35. The minimum absolute atomic E-state index is 0.110. The van der Waals surface area contributed by atoms with Crippen LogP contribution in [-0.2, 0) is 10.0 Å². The maximum absolute atomic E-state index is 12.5. The molecule has 1 heterocycles. The van der Waals surface area contributed by atoms with Gasteiger partial charge in [-0.3, -0.25) is 0 Å². The Morgan fingerprint density at radius 2 is 1.95 bits per heavy atom. The molecule has 0 atom stereocenters. The lowest BCUT2D eigenvalue weighted by atomic mass is 9.95. The zero-order valence-corrected chi connectivity index (χ0v) is 13.6. The minimum Gasteiger partial charge on any atom is -0.390 e. The van der Waals surface area contributed by atoms with E-state index in [0.717, 1.165) is 4.47 Å². The van der Waals surface area contributed by atoms with Gasteiger partial charge < -0.3 is 5.11 Å². The van der Waals surface area contributed by atoms with Crippen LogP contribution in [0.15, 0.2) is 27.6 Å². The van der Waals surface area contributed by atoms with Gasteiger partial charge in [-0.15, -0.1) is 0 Å². The van der Waals surface area contributed by atoms with Gasteiger partial charge in [0.2, 0.25) is 10.0 Å². The van der Waals surface area contributed by atoms with Crippen molar-refractivity contribution in [1.29, 1.82) is 0 Å². The summed E-state index contributed by atoms with van der Waals surface area (Å²) in [6.07, 6.45) is 0.862. The molecule has 1 aromatic carbocycles. The van der Waals surface area contributed by atoms with Gasteiger partial charge in [0.05, 0.1) is 10.6 Å². The van der Waals surface area contributed by atoms with E-state index in [2.05, 4.69) is 15.9 Å². The summed E-state index contributed by atoms with van der Waals surface area (Å²) in [5.41, 5.74) is -0.782. The molecule has 1 aliphatic rings. The molecule has 0 bridgehead atoms. The lowest BCUT2D eigenvalue weighted by Crippen LogP contribution is -2.45. The van der Waals surface area contributed by atoms with Crippen molar-refractivity contribution in [1.82, 2.24) is 4.31 Å². The van der Waals surface area contributed by atoms with Crippen molar-refractivity contribution in [2.24, 2.45) is 0 Å². The van der Waals surface area contributed by atoms with Crippen molar-refractivity contribution in [2.45, 2.75) is 30.3 Å². The van der Waals surface area contributed by atoms with Crippen molar-refractivity contribution in [3.8, 4) is 0 Å². The van der Waals surface area contributed by atoms with Gasteiger partial charge in [-0.25, -0.2) is 8.42 Å². The van der Waals surface area contributed by atoms with Crippen LogP contribution in [0.4, 0.5) is 0 Å². The maximum Gasteiger partial charge on any atom is 0.244 e. The maximum atomic E-state index is 12.5. The van der Waals surface area contributed by atoms with Crippen LogP contribution in [-0.4, -0.2) is 36.5 Å². The van der Waals surface area contributed by atoms with Gasteiger partial charge in [-0.05, 0) is 38.0 Å². The first-order valence-electron chi connectivity index (χ1n) is 5.90. The normalized spacial score (nSPS) is 20.4. The summed E-state index contributed by atoms with van der Waals surface area (Å²) in [7, 11) is -3.59. The molecule has 2 rings (SSSR count). The molecule has 0 aromatic heterocycles. The summed E-state index contributed by atoms with van der Waals surface area (Å²) in [5.74, 6) is 0. The van der Waals surface area contributed by atoms with E-state index in [9.17, 15) is 13.5 Å². The molecular weight excluding hydrogens is 354 g/mol. The first-order valence-corrected chi connectivity index (χ1v) is 8.51. The summed E-state index contributed by atoms with van der Waals surface area (Å²) in [5, 5.41) is 10.1. The second kappa shape index (κ2) is 5.33. The summed E-state index contributed by atoms with van der Waals surface area (Å²) in [6.45, 7) is 2.34. The zero-order valence-electron chi connectivity index (χ0n) is 10.4. The summed E-state index contributed by atoms with van der Waals surface area (Å²) in [6, 6.07) is 4.71. The minimum atomic E-state index is -3.59. The predicted molar refractivity (Wildman–Crippen MR) is 77.8 cm³/mol. The van der Waals surface area contributed by atoms with E-state index in [1.165, 1.54) is 10.4 Å². The highest BCUT2D eigenvalue weighted by Crippen LogP contribution is 2.31. The molecule has 1 aliphatic heterocycles. The van der Waals surface area contributed by atoms with E-state index >= 15 is 0 Å². The van der Waals surface area contributed by atoms with Crippen LogP contribution >= 0.6 is 27.5 Å². The molecule has 0 radical (unpaired) electrons. The smallest absolute Gasteiger partial charge is 0.244 e. The van der Waals surface area contributed by atoms with Crippen LogP contribution in [0.2, 0.25) is 5.02 Å². The number of hydrogen-bond donors (Lipinski definition) is 1. The number of piperidine rings is 1. The number of rotatable bonds is 2. The Labute approximate surface area is 126 Å². The molecule has 0 saturated carbocycles. The Balaban J connectivity index is 2.28. The lowest BCUT2D eigenvalue weighted by molar-refractivity contribution is 0.0126. The molecule has 1 saturated heterocycles. The van der Waals surface area contributed by atoms with Gasteiger partial charge in [0, 0.05) is 17.6 Å². The highest BCUT2D eigenvalue weighted by molar-refractivity contribution is 9.10.